The van der Waals surface area contributed by atoms with Gasteiger partial charge in [-0.2, -0.15) is 4.52 Å². The van der Waals surface area contributed by atoms with Crippen molar-refractivity contribution in [2.75, 3.05) is 39.6 Å². The maximum absolute atomic E-state index is 6.33. The van der Waals surface area contributed by atoms with Gasteiger partial charge >= 0.3 is 16.2 Å². The number of hydrogen-bond acceptors (Lipinski definition) is 7. The standard InChI is InChI=1S/C18H32N3O6P3/c1-7-13-22-28(23-14-8-2)20-30(26-17-11-5,27-18-12-6)21-29(19,24-15-9-3)25-16-10-4/h7-12H,1-6,13-19H2. The van der Waals surface area contributed by atoms with Gasteiger partial charge in [0.1, 0.15) is 0 Å². The molecule has 0 aromatic carbocycles. The van der Waals surface area contributed by atoms with Gasteiger partial charge in [0.25, 0.3) is 7.66 Å². The first-order chi connectivity index (χ1) is 14.4. The lowest BCUT2D eigenvalue weighted by molar-refractivity contribution is 0.264. The van der Waals surface area contributed by atoms with Crippen LogP contribution in [-0.4, -0.2) is 39.6 Å². The summed E-state index contributed by atoms with van der Waals surface area (Å²) in [5, 5.41) is 0. The van der Waals surface area contributed by atoms with E-state index in [2.05, 4.69) is 48.5 Å². The van der Waals surface area contributed by atoms with Crippen LogP contribution >= 0.6 is 23.8 Å². The highest BCUT2D eigenvalue weighted by molar-refractivity contribution is 7.69. The van der Waals surface area contributed by atoms with Crippen molar-refractivity contribution in [3.05, 3.63) is 75.9 Å². The molecule has 12 heteroatoms. The summed E-state index contributed by atoms with van der Waals surface area (Å²) in [7, 11) is -8.62. The quantitative estimate of drug-likeness (QED) is 0.162. The third kappa shape index (κ3) is 12.7. The molecule has 0 saturated carbocycles. The van der Waals surface area contributed by atoms with Crippen LogP contribution in [0.1, 0.15) is 0 Å². The fourth-order valence-corrected chi connectivity index (χ4v) is 7.48. The maximum atomic E-state index is 6.33. The van der Waals surface area contributed by atoms with Gasteiger partial charge in [0.15, 0.2) is 0 Å². The Hall–Kier alpha value is -0.950. The second-order valence-corrected chi connectivity index (χ2v) is 10.5. The molecule has 0 aliphatic carbocycles. The molecule has 0 heterocycles. The minimum atomic E-state index is -3.44. The second kappa shape index (κ2) is 17.7. The lowest BCUT2D eigenvalue weighted by Crippen LogP contribution is -2.07. The summed E-state index contributed by atoms with van der Waals surface area (Å²) in [5.74, 6) is 0. The zero-order valence-electron chi connectivity index (χ0n) is 17.2. The molecule has 0 radical (unpaired) electrons. The Morgan fingerprint density at radius 2 is 1.00 bits per heavy atom. The van der Waals surface area contributed by atoms with E-state index in [1.807, 2.05) is 0 Å². The molecule has 0 bridgehead atoms. The van der Waals surface area contributed by atoms with Crippen LogP contribution in [0.25, 0.3) is 0 Å². The zero-order valence-corrected chi connectivity index (χ0v) is 19.9. The molecule has 0 aromatic heterocycles. The molecular formula is C18H32N3O6P3. The van der Waals surface area contributed by atoms with Crippen molar-refractivity contribution in [1.82, 2.24) is 0 Å². The molecule has 0 aliphatic rings. The van der Waals surface area contributed by atoms with E-state index in [1.54, 1.807) is 12.2 Å². The second-order valence-electron chi connectivity index (χ2n) is 4.98. The first-order valence-corrected chi connectivity index (χ1v) is 13.1. The van der Waals surface area contributed by atoms with Crippen molar-refractivity contribution in [3.63, 3.8) is 0 Å². The monoisotopic (exact) mass is 479 g/mol. The summed E-state index contributed by atoms with van der Waals surface area (Å²) in [4.78, 5) is 0. The predicted molar refractivity (Wildman–Crippen MR) is 127 cm³/mol. The zero-order chi connectivity index (χ0) is 22.7. The Bertz CT molecular complexity index is 640. The van der Waals surface area contributed by atoms with Gasteiger partial charge in [-0.1, -0.05) is 36.5 Å². The fraction of sp³-hybridized carbons (Fsp3) is 0.333. The van der Waals surface area contributed by atoms with Gasteiger partial charge in [-0.15, -0.1) is 44.0 Å². The van der Waals surface area contributed by atoms with E-state index in [4.69, 9.17) is 32.6 Å². The summed E-state index contributed by atoms with van der Waals surface area (Å²) in [6, 6.07) is 0. The van der Waals surface area contributed by atoms with E-state index in [0.717, 1.165) is 0 Å². The summed E-state index contributed by atoms with van der Waals surface area (Å²) >= 11 is 0. The van der Waals surface area contributed by atoms with Gasteiger partial charge < -0.3 is 27.1 Å². The van der Waals surface area contributed by atoms with Crippen LogP contribution in [0.5, 0.6) is 0 Å². The average molecular weight is 479 g/mol. The van der Waals surface area contributed by atoms with Crippen LogP contribution in [0.4, 0.5) is 0 Å². The lowest BCUT2D eigenvalue weighted by Gasteiger charge is -2.25. The Labute approximate surface area is 181 Å². The van der Waals surface area contributed by atoms with Gasteiger partial charge in [-0.05, 0) is 0 Å². The summed E-state index contributed by atoms with van der Waals surface area (Å²) in [6.45, 7) is 22.5. The molecule has 2 N–H and O–H groups in total. The maximum Gasteiger partial charge on any atom is 0.348 e. The molecule has 0 amide bonds. The highest BCUT2D eigenvalue weighted by Crippen LogP contribution is 2.67. The highest BCUT2D eigenvalue weighted by atomic mass is 31.2. The third-order valence-electron chi connectivity index (χ3n) is 2.51. The molecule has 0 rings (SSSR count). The molecule has 9 nitrogen and oxygen atoms in total. The number of rotatable bonds is 20. The van der Waals surface area contributed by atoms with Crippen LogP contribution in [0, 0.1) is 0 Å². The minimum Gasteiger partial charge on any atom is -0.312 e. The molecule has 170 valence electrons. The fourth-order valence-electron chi connectivity index (χ4n) is 1.44. The van der Waals surface area contributed by atoms with Crippen LogP contribution in [0.3, 0.4) is 0 Å². The van der Waals surface area contributed by atoms with Gasteiger partial charge in [0.05, 0.1) is 39.6 Å². The van der Waals surface area contributed by atoms with Crippen molar-refractivity contribution in [1.29, 1.82) is 0 Å². The smallest absolute Gasteiger partial charge is 0.312 e. The molecule has 0 spiro atoms. The average Bonchev–Trinajstić information content (AvgIpc) is 2.75. The van der Waals surface area contributed by atoms with E-state index in [9.17, 15) is 0 Å². The summed E-state index contributed by atoms with van der Waals surface area (Å²) in [5.41, 5.74) is 6.33. The molecule has 0 aromatic rings. The van der Waals surface area contributed by atoms with Crippen molar-refractivity contribution in [2.24, 2.45) is 14.5 Å². The van der Waals surface area contributed by atoms with E-state index in [-0.39, 0.29) is 39.6 Å². The highest BCUT2D eigenvalue weighted by Gasteiger charge is 2.31. The van der Waals surface area contributed by atoms with Crippen LogP contribution in [0.15, 0.2) is 85.0 Å². The number of nitrogens with two attached hydrogens (primary N) is 1. The van der Waals surface area contributed by atoms with Crippen LogP contribution in [0.2, 0.25) is 0 Å². The van der Waals surface area contributed by atoms with Gasteiger partial charge in [0, 0.05) is 0 Å². The molecule has 0 aliphatic heterocycles. The molecule has 0 saturated heterocycles. The Morgan fingerprint density at radius 1 is 0.633 bits per heavy atom. The number of hydrogen-bond donors (Lipinski definition) is 1. The van der Waals surface area contributed by atoms with Crippen LogP contribution in [-0.2, 0) is 27.1 Å². The molecule has 0 unspecified atom stereocenters. The van der Waals surface area contributed by atoms with E-state index in [0.29, 0.717) is 0 Å². The first kappa shape index (κ1) is 29.1. The Morgan fingerprint density at radius 3 is 1.37 bits per heavy atom. The van der Waals surface area contributed by atoms with Gasteiger partial charge in [0.2, 0.25) is 0 Å². The van der Waals surface area contributed by atoms with E-state index in [1.165, 1.54) is 24.3 Å². The van der Waals surface area contributed by atoms with Crippen molar-refractivity contribution in [3.8, 4) is 0 Å². The topological polar surface area (TPSA) is 106 Å². The first-order valence-electron chi connectivity index (χ1n) is 8.78. The molecule has 0 fully saturated rings. The summed E-state index contributed by atoms with van der Waals surface area (Å²) < 4.78 is 43.2. The predicted octanol–water partition coefficient (Wildman–Crippen LogP) is 6.28. The molecular weight excluding hydrogens is 447 g/mol. The van der Waals surface area contributed by atoms with E-state index >= 15 is 0 Å². The normalized spacial score (nSPS) is 11.5. The molecule has 0 atom stereocenters. The molecule has 30 heavy (non-hydrogen) atoms. The van der Waals surface area contributed by atoms with Crippen molar-refractivity contribution >= 4 is 23.8 Å². The van der Waals surface area contributed by atoms with Crippen molar-refractivity contribution in [2.45, 2.75) is 0 Å². The Kier molecular flexibility index (Phi) is 17.1. The Balaban J connectivity index is 6.52. The van der Waals surface area contributed by atoms with E-state index < -0.39 is 23.8 Å². The largest absolute Gasteiger partial charge is 0.348 e. The number of nitrogens with zero attached hydrogens (tertiary/aromatic N) is 2. The lowest BCUT2D eigenvalue weighted by atomic mass is 10.7. The summed E-state index contributed by atoms with van der Waals surface area (Å²) in [6.07, 6.45) is 9.23. The minimum absolute atomic E-state index is 0.0763. The van der Waals surface area contributed by atoms with Crippen LogP contribution < -0.4 is 5.50 Å². The SMILES string of the molecule is C=CCOP(N=P(N=P(N)(OCC=C)OCC=C)(OCC=C)OCC=C)OCC=C. The van der Waals surface area contributed by atoms with Gasteiger partial charge in [-0.3, -0.25) is 5.50 Å². The van der Waals surface area contributed by atoms with Crippen molar-refractivity contribution < 1.29 is 27.1 Å². The third-order valence-corrected chi connectivity index (χ3v) is 8.64. The van der Waals surface area contributed by atoms with Gasteiger partial charge in [-0.25, -0.2) is 0 Å².